The Bertz CT molecular complexity index is 1110. The zero-order chi connectivity index (χ0) is 21.5. The number of nitriles is 1. The van der Waals surface area contributed by atoms with Crippen LogP contribution in [0.5, 0.6) is 5.75 Å². The number of anilines is 1. The summed E-state index contributed by atoms with van der Waals surface area (Å²) in [7, 11) is 0. The first kappa shape index (κ1) is 21.2. The number of aromatic nitrogens is 2. The second-order valence-corrected chi connectivity index (χ2v) is 6.84. The fourth-order valence-corrected chi connectivity index (χ4v) is 3.21. The summed E-state index contributed by atoms with van der Waals surface area (Å²) in [5, 5.41) is 17.1. The number of rotatable bonds is 7. The number of hydrogen-bond donors (Lipinski definition) is 1. The minimum Gasteiger partial charge on any atom is -0.492 e. The maximum absolute atomic E-state index is 12.7. The number of halogens is 1. The molecule has 30 heavy (non-hydrogen) atoms. The Morgan fingerprint density at radius 1 is 1.23 bits per heavy atom. The van der Waals surface area contributed by atoms with Crippen molar-refractivity contribution in [3.63, 3.8) is 0 Å². The molecule has 0 aliphatic carbocycles. The lowest BCUT2D eigenvalue weighted by atomic mass is 10.1. The van der Waals surface area contributed by atoms with E-state index in [1.807, 2.05) is 49.4 Å². The zero-order valence-electron chi connectivity index (χ0n) is 16.7. The number of amides is 1. The SMILES string of the molecule is CCOc1ccccc1NC(=O)/C(C#N)=C/c1c(C)nn(Cc2ccccc2)c1Cl. The van der Waals surface area contributed by atoms with Crippen molar-refractivity contribution in [3.8, 4) is 11.8 Å². The molecule has 6 nitrogen and oxygen atoms in total. The Morgan fingerprint density at radius 2 is 1.93 bits per heavy atom. The summed E-state index contributed by atoms with van der Waals surface area (Å²) in [5.41, 5.74) is 2.63. The first-order chi connectivity index (χ1) is 14.5. The first-order valence-corrected chi connectivity index (χ1v) is 9.83. The molecule has 1 aromatic heterocycles. The molecule has 152 valence electrons. The Hall–Kier alpha value is -3.56. The lowest BCUT2D eigenvalue weighted by Crippen LogP contribution is -2.14. The molecule has 1 amide bonds. The molecule has 0 saturated heterocycles. The van der Waals surface area contributed by atoms with Gasteiger partial charge in [0.05, 0.1) is 24.5 Å². The van der Waals surface area contributed by atoms with Crippen molar-refractivity contribution < 1.29 is 9.53 Å². The van der Waals surface area contributed by atoms with Gasteiger partial charge in [-0.1, -0.05) is 54.1 Å². The van der Waals surface area contributed by atoms with Gasteiger partial charge in [0.15, 0.2) is 0 Å². The Morgan fingerprint density at radius 3 is 2.63 bits per heavy atom. The largest absolute Gasteiger partial charge is 0.492 e. The fraction of sp³-hybridized carbons (Fsp3) is 0.174. The summed E-state index contributed by atoms with van der Waals surface area (Å²) in [6.07, 6.45) is 1.46. The van der Waals surface area contributed by atoms with Gasteiger partial charge in [0.1, 0.15) is 22.5 Å². The first-order valence-electron chi connectivity index (χ1n) is 9.45. The van der Waals surface area contributed by atoms with E-state index in [1.165, 1.54) is 6.08 Å². The molecule has 3 rings (SSSR count). The van der Waals surface area contributed by atoms with Crippen LogP contribution >= 0.6 is 11.6 Å². The number of nitrogens with one attached hydrogen (secondary N) is 1. The number of benzene rings is 2. The standard InChI is InChI=1S/C23H21ClN4O2/c1-3-30-21-12-8-7-11-20(21)26-23(29)18(14-25)13-19-16(2)27-28(22(19)24)15-17-9-5-4-6-10-17/h4-13H,3,15H2,1-2H3,(H,26,29)/b18-13+. The molecule has 1 N–H and O–H groups in total. The molecule has 0 radical (unpaired) electrons. The highest BCUT2D eigenvalue weighted by Crippen LogP contribution is 2.26. The molecule has 0 aliphatic heterocycles. The van der Waals surface area contributed by atoms with E-state index in [0.29, 0.717) is 41.0 Å². The Labute approximate surface area is 180 Å². The summed E-state index contributed by atoms with van der Waals surface area (Å²) in [5.74, 6) is -0.00791. The predicted octanol–water partition coefficient (Wildman–Crippen LogP) is 4.84. The number of hydrogen-bond acceptors (Lipinski definition) is 4. The van der Waals surface area contributed by atoms with Gasteiger partial charge in [0, 0.05) is 5.56 Å². The van der Waals surface area contributed by atoms with Gasteiger partial charge in [-0.05, 0) is 37.6 Å². The number of carbonyl (C=O) groups excluding carboxylic acids is 1. The van der Waals surface area contributed by atoms with Crippen molar-refractivity contribution in [1.29, 1.82) is 5.26 Å². The third kappa shape index (κ3) is 4.88. The van der Waals surface area contributed by atoms with Crippen LogP contribution in [0.15, 0.2) is 60.2 Å². The van der Waals surface area contributed by atoms with Gasteiger partial charge < -0.3 is 10.1 Å². The van der Waals surface area contributed by atoms with Crippen molar-refractivity contribution in [3.05, 3.63) is 82.1 Å². The number of carbonyl (C=O) groups is 1. The van der Waals surface area contributed by atoms with E-state index in [-0.39, 0.29) is 5.57 Å². The quantitative estimate of drug-likeness (QED) is 0.438. The minimum absolute atomic E-state index is 0.0782. The van der Waals surface area contributed by atoms with Crippen LogP contribution in [0.1, 0.15) is 23.7 Å². The summed E-state index contributed by atoms with van der Waals surface area (Å²) in [6, 6.07) is 18.8. The van der Waals surface area contributed by atoms with Gasteiger partial charge in [0.25, 0.3) is 5.91 Å². The van der Waals surface area contributed by atoms with E-state index < -0.39 is 5.91 Å². The van der Waals surface area contributed by atoms with E-state index >= 15 is 0 Å². The molecule has 0 saturated carbocycles. The summed E-state index contributed by atoms with van der Waals surface area (Å²) >= 11 is 6.51. The second-order valence-electron chi connectivity index (χ2n) is 6.49. The fourth-order valence-electron chi connectivity index (χ4n) is 2.93. The van der Waals surface area contributed by atoms with Crippen LogP contribution in [0.4, 0.5) is 5.69 Å². The highest BCUT2D eigenvalue weighted by molar-refractivity contribution is 6.31. The molecule has 0 aliphatic rings. The van der Waals surface area contributed by atoms with Crippen LogP contribution in [-0.4, -0.2) is 22.3 Å². The third-order valence-corrected chi connectivity index (χ3v) is 4.77. The lowest BCUT2D eigenvalue weighted by Gasteiger charge is -2.10. The number of ether oxygens (including phenoxy) is 1. The highest BCUT2D eigenvalue weighted by atomic mass is 35.5. The highest BCUT2D eigenvalue weighted by Gasteiger charge is 2.17. The van der Waals surface area contributed by atoms with E-state index in [9.17, 15) is 10.1 Å². The molecule has 0 bridgehead atoms. The smallest absolute Gasteiger partial charge is 0.266 e. The molecule has 3 aromatic rings. The normalized spacial score (nSPS) is 11.1. The number of nitrogens with zero attached hydrogens (tertiary/aromatic N) is 3. The molecule has 0 spiro atoms. The topological polar surface area (TPSA) is 79.9 Å². The van der Waals surface area contributed by atoms with E-state index in [2.05, 4.69) is 10.4 Å². The van der Waals surface area contributed by atoms with Gasteiger partial charge in [-0.25, -0.2) is 4.68 Å². The van der Waals surface area contributed by atoms with Crippen LogP contribution < -0.4 is 10.1 Å². The van der Waals surface area contributed by atoms with E-state index in [0.717, 1.165) is 5.56 Å². The summed E-state index contributed by atoms with van der Waals surface area (Å²) < 4.78 is 7.16. The van der Waals surface area contributed by atoms with E-state index in [4.69, 9.17) is 16.3 Å². The van der Waals surface area contributed by atoms with Crippen molar-refractivity contribution in [2.75, 3.05) is 11.9 Å². The molecule has 0 unspecified atom stereocenters. The molecule has 7 heteroatoms. The Kier molecular flexibility index (Phi) is 6.89. The monoisotopic (exact) mass is 420 g/mol. The van der Waals surface area contributed by atoms with Crippen molar-refractivity contribution in [1.82, 2.24) is 9.78 Å². The van der Waals surface area contributed by atoms with Gasteiger partial charge in [0.2, 0.25) is 0 Å². The lowest BCUT2D eigenvalue weighted by molar-refractivity contribution is -0.112. The average molecular weight is 421 g/mol. The zero-order valence-corrected chi connectivity index (χ0v) is 17.5. The summed E-state index contributed by atoms with van der Waals surface area (Å²) in [4.78, 5) is 12.7. The molecular weight excluding hydrogens is 400 g/mol. The molecule has 2 aromatic carbocycles. The Balaban J connectivity index is 1.86. The average Bonchev–Trinajstić information content (AvgIpc) is 3.01. The van der Waals surface area contributed by atoms with Gasteiger partial charge in [-0.3, -0.25) is 4.79 Å². The molecule has 1 heterocycles. The van der Waals surface area contributed by atoms with Gasteiger partial charge in [-0.15, -0.1) is 0 Å². The summed E-state index contributed by atoms with van der Waals surface area (Å²) in [6.45, 7) is 4.60. The van der Waals surface area contributed by atoms with Gasteiger partial charge >= 0.3 is 0 Å². The van der Waals surface area contributed by atoms with Crippen LogP contribution in [0.25, 0.3) is 6.08 Å². The van der Waals surface area contributed by atoms with E-state index in [1.54, 1.807) is 29.8 Å². The molecular formula is C23H21ClN4O2. The van der Waals surface area contributed by atoms with Crippen molar-refractivity contribution in [2.45, 2.75) is 20.4 Å². The van der Waals surface area contributed by atoms with Crippen LogP contribution in [0, 0.1) is 18.3 Å². The van der Waals surface area contributed by atoms with Gasteiger partial charge in [-0.2, -0.15) is 10.4 Å². The van der Waals surface area contributed by atoms with Crippen molar-refractivity contribution >= 4 is 29.3 Å². The van der Waals surface area contributed by atoms with Crippen LogP contribution in [0.2, 0.25) is 5.15 Å². The van der Waals surface area contributed by atoms with Crippen molar-refractivity contribution in [2.24, 2.45) is 0 Å². The maximum Gasteiger partial charge on any atom is 0.266 e. The molecule has 0 atom stereocenters. The number of para-hydroxylation sites is 2. The number of aryl methyl sites for hydroxylation is 1. The predicted molar refractivity (Wildman–Crippen MR) is 117 cm³/mol. The second kappa shape index (κ2) is 9.77. The van der Waals surface area contributed by atoms with Crippen LogP contribution in [0.3, 0.4) is 0 Å². The minimum atomic E-state index is -0.545. The third-order valence-electron chi connectivity index (χ3n) is 4.37. The maximum atomic E-state index is 12.7. The van der Waals surface area contributed by atoms with Crippen LogP contribution in [-0.2, 0) is 11.3 Å². The molecule has 0 fully saturated rings.